The summed E-state index contributed by atoms with van der Waals surface area (Å²) in [6.07, 6.45) is -3.16. The van der Waals surface area contributed by atoms with Crippen LogP contribution in [0.4, 0.5) is 13.2 Å². The fraction of sp³-hybridized carbons (Fsp3) is 0.625. The Morgan fingerprint density at radius 3 is 2.43 bits per heavy atom. The fourth-order valence-electron chi connectivity index (χ4n) is 2.61. The molecule has 5 heteroatoms. The maximum Gasteiger partial charge on any atom is 0.416 e. The molecule has 1 unspecified atom stereocenters. The van der Waals surface area contributed by atoms with Crippen LogP contribution in [0.15, 0.2) is 24.3 Å². The summed E-state index contributed by atoms with van der Waals surface area (Å²) in [6, 6.07) is 4.96. The summed E-state index contributed by atoms with van der Waals surface area (Å²) in [5, 5.41) is 10.2. The van der Waals surface area contributed by atoms with Crippen LogP contribution >= 0.6 is 0 Å². The van der Waals surface area contributed by atoms with E-state index in [0.29, 0.717) is 17.5 Å². The van der Waals surface area contributed by atoms with E-state index in [2.05, 4.69) is 18.7 Å². The lowest BCUT2D eigenvalue weighted by Crippen LogP contribution is -2.39. The van der Waals surface area contributed by atoms with Crippen LogP contribution in [0.2, 0.25) is 0 Å². The minimum absolute atomic E-state index is 0.317. The van der Waals surface area contributed by atoms with Crippen LogP contribution in [0.5, 0.6) is 0 Å². The Bertz CT molecular complexity index is 475. The predicted octanol–water partition coefficient (Wildman–Crippen LogP) is 3.86. The largest absolute Gasteiger partial charge is 0.416 e. The van der Waals surface area contributed by atoms with Crippen molar-refractivity contribution in [3.63, 3.8) is 0 Å². The van der Waals surface area contributed by atoms with E-state index in [1.165, 1.54) is 6.07 Å². The van der Waals surface area contributed by atoms with Crippen LogP contribution in [0.3, 0.4) is 0 Å². The molecule has 1 aromatic carbocycles. The first kappa shape index (κ1) is 16.3. The normalized spacial score (nSPS) is 21.2. The van der Waals surface area contributed by atoms with Crippen molar-refractivity contribution in [2.24, 2.45) is 5.41 Å². The van der Waals surface area contributed by atoms with Crippen molar-refractivity contribution in [2.75, 3.05) is 19.6 Å². The quantitative estimate of drug-likeness (QED) is 0.916. The van der Waals surface area contributed by atoms with Gasteiger partial charge in [-0.2, -0.15) is 13.2 Å². The lowest BCUT2D eigenvalue weighted by molar-refractivity contribution is -0.137. The average Bonchev–Trinajstić information content (AvgIpc) is 2.40. The number of aliphatic hydroxyl groups is 1. The van der Waals surface area contributed by atoms with E-state index in [-0.39, 0.29) is 0 Å². The molecule has 0 amide bonds. The average molecular weight is 301 g/mol. The molecule has 1 aliphatic heterocycles. The molecule has 2 rings (SSSR count). The van der Waals surface area contributed by atoms with Crippen LogP contribution < -0.4 is 0 Å². The number of hydrogen-bond acceptors (Lipinski definition) is 2. The molecule has 2 nitrogen and oxygen atoms in total. The topological polar surface area (TPSA) is 23.5 Å². The summed E-state index contributed by atoms with van der Waals surface area (Å²) in [7, 11) is 0. The second-order valence-electron chi connectivity index (χ2n) is 6.60. The summed E-state index contributed by atoms with van der Waals surface area (Å²) in [6.45, 7) is 6.57. The van der Waals surface area contributed by atoms with Crippen molar-refractivity contribution in [2.45, 2.75) is 39.0 Å². The molecule has 1 N–H and O–H groups in total. The van der Waals surface area contributed by atoms with Crippen molar-refractivity contribution in [3.8, 4) is 0 Å². The molecule has 0 saturated carbocycles. The third kappa shape index (κ3) is 4.45. The molecule has 1 aromatic rings. The van der Waals surface area contributed by atoms with Crippen molar-refractivity contribution in [3.05, 3.63) is 35.4 Å². The van der Waals surface area contributed by atoms with Gasteiger partial charge in [-0.1, -0.05) is 26.0 Å². The summed E-state index contributed by atoms with van der Waals surface area (Å²) in [4.78, 5) is 2.12. The minimum atomic E-state index is -4.37. The number of halogens is 3. The zero-order chi connectivity index (χ0) is 15.7. The van der Waals surface area contributed by atoms with Crippen molar-refractivity contribution in [1.82, 2.24) is 4.90 Å². The Kier molecular flexibility index (Phi) is 4.63. The number of likely N-dealkylation sites (tertiary alicyclic amines) is 1. The Balaban J connectivity index is 1.99. The zero-order valence-electron chi connectivity index (χ0n) is 12.5. The van der Waals surface area contributed by atoms with Crippen molar-refractivity contribution < 1.29 is 18.3 Å². The first-order chi connectivity index (χ1) is 9.67. The van der Waals surface area contributed by atoms with E-state index in [9.17, 15) is 18.3 Å². The summed E-state index contributed by atoms with van der Waals surface area (Å²) in [5.41, 5.74) is -0.0639. The Morgan fingerprint density at radius 2 is 1.86 bits per heavy atom. The SMILES string of the molecule is CC1(C)CCN(CC(O)c2cccc(C(F)(F)F)c2)CC1. The van der Waals surface area contributed by atoms with E-state index in [0.717, 1.165) is 38.1 Å². The Hall–Kier alpha value is -1.07. The molecule has 1 atom stereocenters. The van der Waals surface area contributed by atoms with Gasteiger partial charge in [-0.15, -0.1) is 0 Å². The van der Waals surface area contributed by atoms with Crippen LogP contribution in [-0.4, -0.2) is 29.6 Å². The van der Waals surface area contributed by atoms with Gasteiger partial charge in [-0.05, 0) is 49.0 Å². The molecule has 1 aliphatic rings. The third-order valence-corrected chi connectivity index (χ3v) is 4.24. The second-order valence-corrected chi connectivity index (χ2v) is 6.60. The number of alkyl halides is 3. The maximum absolute atomic E-state index is 12.7. The van der Waals surface area contributed by atoms with Crippen molar-refractivity contribution in [1.29, 1.82) is 0 Å². The molecule has 0 radical (unpaired) electrons. The molecular weight excluding hydrogens is 279 g/mol. The van der Waals surface area contributed by atoms with Crippen LogP contribution in [-0.2, 0) is 6.18 Å². The van der Waals surface area contributed by atoms with Gasteiger partial charge in [0.2, 0.25) is 0 Å². The number of aliphatic hydroxyl groups excluding tert-OH is 1. The predicted molar refractivity (Wildman–Crippen MR) is 75.9 cm³/mol. The first-order valence-corrected chi connectivity index (χ1v) is 7.25. The number of nitrogens with zero attached hydrogens (tertiary/aromatic N) is 1. The van der Waals surface area contributed by atoms with Crippen LogP contribution in [0.25, 0.3) is 0 Å². The molecule has 1 fully saturated rings. The molecular formula is C16H22F3NO. The van der Waals surface area contributed by atoms with E-state index in [4.69, 9.17) is 0 Å². The lowest BCUT2D eigenvalue weighted by Gasteiger charge is -2.37. The van der Waals surface area contributed by atoms with Gasteiger partial charge in [0.25, 0.3) is 0 Å². The van der Waals surface area contributed by atoms with Gasteiger partial charge >= 0.3 is 6.18 Å². The smallest absolute Gasteiger partial charge is 0.387 e. The highest BCUT2D eigenvalue weighted by Crippen LogP contribution is 2.32. The number of benzene rings is 1. The Morgan fingerprint density at radius 1 is 1.24 bits per heavy atom. The summed E-state index contributed by atoms with van der Waals surface area (Å²) >= 11 is 0. The summed E-state index contributed by atoms with van der Waals surface area (Å²) in [5.74, 6) is 0. The van der Waals surface area contributed by atoms with Gasteiger partial charge in [-0.3, -0.25) is 0 Å². The van der Waals surface area contributed by atoms with Gasteiger partial charge in [0.1, 0.15) is 0 Å². The zero-order valence-corrected chi connectivity index (χ0v) is 12.5. The highest BCUT2D eigenvalue weighted by molar-refractivity contribution is 5.27. The van der Waals surface area contributed by atoms with E-state index in [1.54, 1.807) is 6.07 Å². The monoisotopic (exact) mass is 301 g/mol. The lowest BCUT2D eigenvalue weighted by atomic mass is 9.82. The van der Waals surface area contributed by atoms with Gasteiger partial charge in [-0.25, -0.2) is 0 Å². The molecule has 118 valence electrons. The number of rotatable bonds is 3. The van der Waals surface area contributed by atoms with Gasteiger partial charge in [0, 0.05) is 6.54 Å². The molecule has 1 heterocycles. The first-order valence-electron chi connectivity index (χ1n) is 7.25. The van der Waals surface area contributed by atoms with Gasteiger partial charge in [0.05, 0.1) is 11.7 Å². The van der Waals surface area contributed by atoms with Gasteiger partial charge in [0.15, 0.2) is 0 Å². The number of hydrogen-bond donors (Lipinski definition) is 1. The van der Waals surface area contributed by atoms with E-state index < -0.39 is 17.8 Å². The number of β-amino-alcohol motifs (C(OH)–C–C–N with tert-alkyl or cyclic N) is 1. The summed E-state index contributed by atoms with van der Waals surface area (Å²) < 4.78 is 38.0. The highest BCUT2D eigenvalue weighted by Gasteiger charge is 2.31. The van der Waals surface area contributed by atoms with Crippen LogP contribution in [0, 0.1) is 5.41 Å². The van der Waals surface area contributed by atoms with E-state index in [1.807, 2.05) is 0 Å². The Labute approximate surface area is 123 Å². The number of piperidine rings is 1. The molecule has 0 aliphatic carbocycles. The van der Waals surface area contributed by atoms with E-state index >= 15 is 0 Å². The molecule has 0 bridgehead atoms. The standard InChI is InChI=1S/C16H22F3NO/c1-15(2)6-8-20(9-7-15)11-14(21)12-4-3-5-13(10-12)16(17,18)19/h3-5,10,14,21H,6-9,11H2,1-2H3. The molecule has 1 saturated heterocycles. The van der Waals surface area contributed by atoms with Gasteiger partial charge < -0.3 is 10.0 Å². The maximum atomic E-state index is 12.7. The second kappa shape index (κ2) is 5.97. The molecule has 0 spiro atoms. The highest BCUT2D eigenvalue weighted by atomic mass is 19.4. The van der Waals surface area contributed by atoms with Crippen LogP contribution in [0.1, 0.15) is 43.9 Å². The van der Waals surface area contributed by atoms with Crippen molar-refractivity contribution >= 4 is 0 Å². The molecule has 0 aromatic heterocycles. The fourth-order valence-corrected chi connectivity index (χ4v) is 2.61. The minimum Gasteiger partial charge on any atom is -0.387 e. The third-order valence-electron chi connectivity index (χ3n) is 4.24. The molecule has 21 heavy (non-hydrogen) atoms.